The van der Waals surface area contributed by atoms with Crippen molar-refractivity contribution in [3.8, 4) is 0 Å². The maximum absolute atomic E-state index is 12.5. The number of thioether (sulfide) groups is 1. The maximum Gasteiger partial charge on any atom is 0.228 e. The van der Waals surface area contributed by atoms with E-state index in [0.29, 0.717) is 5.69 Å². The third-order valence-corrected chi connectivity index (χ3v) is 5.02. The zero-order valence-corrected chi connectivity index (χ0v) is 12.7. The lowest BCUT2D eigenvalue weighted by Gasteiger charge is -2.19. The van der Waals surface area contributed by atoms with Crippen LogP contribution in [-0.2, 0) is 4.79 Å². The van der Waals surface area contributed by atoms with E-state index in [1.54, 1.807) is 11.8 Å². The highest BCUT2D eigenvalue weighted by atomic mass is 32.2. The van der Waals surface area contributed by atoms with Gasteiger partial charge in [-0.2, -0.15) is 0 Å². The zero-order chi connectivity index (χ0) is 14.8. The molecule has 108 valence electrons. The lowest BCUT2D eigenvalue weighted by atomic mass is 9.99. The molecule has 0 bridgehead atoms. The number of benzene rings is 2. The summed E-state index contributed by atoms with van der Waals surface area (Å²) in [5.41, 5.74) is 8.78. The standard InChI is InChI=1S/C17H18N2OS/c1-11(12-6-2-4-8-15(12)18)19-17(20)14-10-21-16-9-5-3-7-13(14)16/h2-9,11,14H,10,18H2,1H3,(H,19,20). The Labute approximate surface area is 128 Å². The molecule has 1 aliphatic rings. The second-order valence-corrected chi connectivity index (χ2v) is 6.32. The predicted molar refractivity (Wildman–Crippen MR) is 87.3 cm³/mol. The molecule has 4 heteroatoms. The van der Waals surface area contributed by atoms with Crippen LogP contribution in [0, 0.1) is 0 Å². The highest BCUT2D eigenvalue weighted by molar-refractivity contribution is 7.99. The SMILES string of the molecule is CC(NC(=O)C1CSc2ccccc21)c1ccccc1N. The number of para-hydroxylation sites is 1. The molecule has 2 atom stereocenters. The van der Waals surface area contributed by atoms with Crippen molar-refractivity contribution in [1.29, 1.82) is 0 Å². The molecule has 3 N–H and O–H groups in total. The highest BCUT2D eigenvalue weighted by Crippen LogP contribution is 2.39. The molecule has 21 heavy (non-hydrogen) atoms. The minimum atomic E-state index is -0.0866. The fourth-order valence-corrected chi connectivity index (χ4v) is 3.91. The highest BCUT2D eigenvalue weighted by Gasteiger charge is 2.29. The third-order valence-electron chi connectivity index (χ3n) is 3.84. The van der Waals surface area contributed by atoms with Gasteiger partial charge < -0.3 is 11.1 Å². The number of carbonyl (C=O) groups excluding carboxylic acids is 1. The zero-order valence-electron chi connectivity index (χ0n) is 11.9. The van der Waals surface area contributed by atoms with Gasteiger partial charge in [0.1, 0.15) is 0 Å². The summed E-state index contributed by atoms with van der Waals surface area (Å²) in [6, 6.07) is 15.7. The smallest absolute Gasteiger partial charge is 0.228 e. The molecule has 0 spiro atoms. The number of anilines is 1. The van der Waals surface area contributed by atoms with Crippen LogP contribution in [0.3, 0.4) is 0 Å². The van der Waals surface area contributed by atoms with Crippen LogP contribution in [-0.4, -0.2) is 11.7 Å². The van der Waals surface area contributed by atoms with Crippen LogP contribution in [0.25, 0.3) is 0 Å². The molecule has 2 aromatic rings. The molecule has 2 unspecified atom stereocenters. The summed E-state index contributed by atoms with van der Waals surface area (Å²) in [5, 5.41) is 3.09. The Morgan fingerprint density at radius 3 is 2.76 bits per heavy atom. The molecule has 1 amide bonds. The Hall–Kier alpha value is -1.94. The van der Waals surface area contributed by atoms with E-state index in [1.165, 1.54) is 4.90 Å². The summed E-state index contributed by atoms with van der Waals surface area (Å²) in [5.74, 6) is 0.809. The van der Waals surface area contributed by atoms with Crippen molar-refractivity contribution < 1.29 is 4.79 Å². The summed E-state index contributed by atoms with van der Waals surface area (Å²) in [4.78, 5) is 13.8. The molecule has 3 rings (SSSR count). The number of rotatable bonds is 3. The molecule has 0 saturated heterocycles. The van der Waals surface area contributed by atoms with Gasteiger partial charge in [0.05, 0.1) is 12.0 Å². The summed E-state index contributed by atoms with van der Waals surface area (Å²) in [6.07, 6.45) is 0. The Balaban J connectivity index is 1.75. The fraction of sp³-hybridized carbons (Fsp3) is 0.235. The van der Waals surface area contributed by atoms with E-state index < -0.39 is 0 Å². The van der Waals surface area contributed by atoms with E-state index in [9.17, 15) is 4.79 Å². The molecule has 0 saturated carbocycles. The monoisotopic (exact) mass is 298 g/mol. The van der Waals surface area contributed by atoms with Gasteiger partial charge in [0.2, 0.25) is 5.91 Å². The molecule has 0 aliphatic carbocycles. The first-order chi connectivity index (χ1) is 10.2. The van der Waals surface area contributed by atoms with Crippen molar-refractivity contribution in [2.45, 2.75) is 23.8 Å². The van der Waals surface area contributed by atoms with Crippen LogP contribution in [0.15, 0.2) is 53.4 Å². The van der Waals surface area contributed by atoms with Gasteiger partial charge in [-0.25, -0.2) is 0 Å². The second-order valence-electron chi connectivity index (χ2n) is 5.26. The van der Waals surface area contributed by atoms with Gasteiger partial charge in [-0.1, -0.05) is 36.4 Å². The van der Waals surface area contributed by atoms with Gasteiger partial charge in [-0.3, -0.25) is 4.79 Å². The first kappa shape index (κ1) is 14.0. The van der Waals surface area contributed by atoms with E-state index in [1.807, 2.05) is 49.4 Å². The van der Waals surface area contributed by atoms with Crippen molar-refractivity contribution in [1.82, 2.24) is 5.32 Å². The number of carbonyl (C=O) groups is 1. The van der Waals surface area contributed by atoms with Crippen molar-refractivity contribution >= 4 is 23.4 Å². The molecule has 0 radical (unpaired) electrons. The van der Waals surface area contributed by atoms with Gasteiger partial charge >= 0.3 is 0 Å². The fourth-order valence-electron chi connectivity index (χ4n) is 2.68. The van der Waals surface area contributed by atoms with E-state index in [-0.39, 0.29) is 17.9 Å². The van der Waals surface area contributed by atoms with Crippen molar-refractivity contribution in [2.24, 2.45) is 0 Å². The number of nitrogen functional groups attached to an aromatic ring is 1. The van der Waals surface area contributed by atoms with Crippen LogP contribution in [0.2, 0.25) is 0 Å². The Morgan fingerprint density at radius 1 is 1.24 bits per heavy atom. The third kappa shape index (κ3) is 2.76. The minimum absolute atomic E-state index is 0.0708. The first-order valence-corrected chi connectivity index (χ1v) is 8.02. The Kier molecular flexibility index (Phi) is 3.88. The lowest BCUT2D eigenvalue weighted by molar-refractivity contribution is -0.122. The van der Waals surface area contributed by atoms with Gasteiger partial charge in [0.25, 0.3) is 0 Å². The molecule has 1 aliphatic heterocycles. The average molecular weight is 298 g/mol. The topological polar surface area (TPSA) is 55.1 Å². The number of nitrogens with two attached hydrogens (primary N) is 1. The normalized spacial score (nSPS) is 18.0. The molecular weight excluding hydrogens is 280 g/mol. The van der Waals surface area contributed by atoms with Gasteiger partial charge in [-0.05, 0) is 30.2 Å². The van der Waals surface area contributed by atoms with E-state index in [2.05, 4.69) is 11.4 Å². The van der Waals surface area contributed by atoms with Crippen molar-refractivity contribution in [2.75, 3.05) is 11.5 Å². The second kappa shape index (κ2) is 5.82. The largest absolute Gasteiger partial charge is 0.398 e. The summed E-state index contributed by atoms with van der Waals surface area (Å²) in [7, 11) is 0. The van der Waals surface area contributed by atoms with E-state index in [0.717, 1.165) is 16.9 Å². The minimum Gasteiger partial charge on any atom is -0.398 e. The summed E-state index contributed by atoms with van der Waals surface area (Å²) >= 11 is 1.74. The van der Waals surface area contributed by atoms with Gasteiger partial charge in [0, 0.05) is 16.3 Å². The maximum atomic E-state index is 12.5. The van der Waals surface area contributed by atoms with Crippen LogP contribution in [0.1, 0.15) is 30.0 Å². The van der Waals surface area contributed by atoms with E-state index >= 15 is 0 Å². The molecule has 0 fully saturated rings. The van der Waals surface area contributed by atoms with Crippen LogP contribution in [0.4, 0.5) is 5.69 Å². The quantitative estimate of drug-likeness (QED) is 0.855. The Morgan fingerprint density at radius 2 is 1.95 bits per heavy atom. The van der Waals surface area contributed by atoms with Crippen molar-refractivity contribution in [3.63, 3.8) is 0 Å². The number of hydrogen-bond acceptors (Lipinski definition) is 3. The van der Waals surface area contributed by atoms with Gasteiger partial charge in [0.15, 0.2) is 0 Å². The average Bonchev–Trinajstić information content (AvgIpc) is 2.91. The number of hydrogen-bond donors (Lipinski definition) is 2. The predicted octanol–water partition coefficient (Wildman–Crippen LogP) is 3.34. The molecule has 2 aromatic carbocycles. The van der Waals surface area contributed by atoms with Gasteiger partial charge in [-0.15, -0.1) is 11.8 Å². The number of amides is 1. The van der Waals surface area contributed by atoms with Crippen LogP contribution in [0.5, 0.6) is 0 Å². The number of fused-ring (bicyclic) bond motifs is 1. The van der Waals surface area contributed by atoms with Crippen LogP contribution >= 0.6 is 11.8 Å². The summed E-state index contributed by atoms with van der Waals surface area (Å²) < 4.78 is 0. The molecule has 0 aromatic heterocycles. The summed E-state index contributed by atoms with van der Waals surface area (Å²) in [6.45, 7) is 1.97. The molecule has 1 heterocycles. The first-order valence-electron chi connectivity index (χ1n) is 7.03. The molecule has 3 nitrogen and oxygen atoms in total. The van der Waals surface area contributed by atoms with Crippen molar-refractivity contribution in [3.05, 3.63) is 59.7 Å². The molecular formula is C17H18N2OS. The van der Waals surface area contributed by atoms with Crippen LogP contribution < -0.4 is 11.1 Å². The lowest BCUT2D eigenvalue weighted by Crippen LogP contribution is -2.32. The van der Waals surface area contributed by atoms with E-state index in [4.69, 9.17) is 5.73 Å². The Bertz CT molecular complexity index is 671. The number of nitrogens with one attached hydrogen (secondary N) is 1.